The predicted octanol–water partition coefficient (Wildman–Crippen LogP) is 1.58. The number of rotatable bonds is 8. The quantitative estimate of drug-likeness (QED) is 0.683. The van der Waals surface area contributed by atoms with E-state index in [2.05, 4.69) is 27.7 Å². The van der Waals surface area contributed by atoms with E-state index in [1.807, 2.05) is 32.2 Å². The van der Waals surface area contributed by atoms with E-state index in [9.17, 15) is 9.90 Å². The van der Waals surface area contributed by atoms with Gasteiger partial charge in [-0.3, -0.25) is 0 Å². The molecule has 3 N–H and O–H groups in total. The van der Waals surface area contributed by atoms with Gasteiger partial charge in [0.1, 0.15) is 0 Å². The SMILES string of the molecule is CC(CN(C)Cc1ccccc1)NC(=O)NCC1(CO)CC1. The lowest BCUT2D eigenvalue weighted by atomic mass is 10.1. The zero-order chi connectivity index (χ0) is 16.0. The Balaban J connectivity index is 1.66. The monoisotopic (exact) mass is 305 g/mol. The lowest BCUT2D eigenvalue weighted by Gasteiger charge is -2.23. The summed E-state index contributed by atoms with van der Waals surface area (Å²) in [6, 6.07) is 10.2. The number of carbonyl (C=O) groups is 1. The maximum atomic E-state index is 11.9. The van der Waals surface area contributed by atoms with Gasteiger partial charge in [-0.25, -0.2) is 4.79 Å². The average molecular weight is 305 g/mol. The van der Waals surface area contributed by atoms with Crippen LogP contribution in [0.1, 0.15) is 25.3 Å². The molecule has 0 bridgehead atoms. The summed E-state index contributed by atoms with van der Waals surface area (Å²) in [5, 5.41) is 15.0. The minimum atomic E-state index is -0.152. The fraction of sp³-hybridized carbons (Fsp3) is 0.588. The minimum Gasteiger partial charge on any atom is -0.396 e. The van der Waals surface area contributed by atoms with Crippen LogP contribution in [0.3, 0.4) is 0 Å². The van der Waals surface area contributed by atoms with Crippen LogP contribution in [0, 0.1) is 5.41 Å². The van der Waals surface area contributed by atoms with Crippen molar-refractivity contribution in [1.82, 2.24) is 15.5 Å². The van der Waals surface area contributed by atoms with Gasteiger partial charge in [-0.2, -0.15) is 0 Å². The molecule has 2 amide bonds. The van der Waals surface area contributed by atoms with Crippen molar-refractivity contribution >= 4 is 6.03 Å². The molecule has 5 nitrogen and oxygen atoms in total. The molecule has 0 aromatic heterocycles. The van der Waals surface area contributed by atoms with Crippen LogP contribution in [0.4, 0.5) is 4.79 Å². The van der Waals surface area contributed by atoms with Crippen LogP contribution in [0.5, 0.6) is 0 Å². The number of aliphatic hydroxyl groups excluding tert-OH is 1. The number of likely N-dealkylation sites (N-methyl/N-ethyl adjacent to an activating group) is 1. The first kappa shape index (κ1) is 16.8. The molecule has 5 heteroatoms. The van der Waals surface area contributed by atoms with Gasteiger partial charge in [-0.05, 0) is 32.4 Å². The van der Waals surface area contributed by atoms with Crippen molar-refractivity contribution in [3.8, 4) is 0 Å². The number of benzene rings is 1. The van der Waals surface area contributed by atoms with Gasteiger partial charge in [0.05, 0.1) is 6.61 Å². The van der Waals surface area contributed by atoms with Gasteiger partial charge < -0.3 is 20.6 Å². The van der Waals surface area contributed by atoms with Crippen LogP contribution in [-0.2, 0) is 6.54 Å². The van der Waals surface area contributed by atoms with Gasteiger partial charge in [0.2, 0.25) is 0 Å². The summed E-state index contributed by atoms with van der Waals surface area (Å²) >= 11 is 0. The number of carbonyl (C=O) groups excluding carboxylic acids is 1. The van der Waals surface area contributed by atoms with E-state index >= 15 is 0 Å². The molecule has 1 saturated carbocycles. The van der Waals surface area contributed by atoms with Crippen LogP contribution in [0.25, 0.3) is 0 Å². The van der Waals surface area contributed by atoms with Crippen LogP contribution >= 0.6 is 0 Å². The van der Waals surface area contributed by atoms with E-state index in [1.165, 1.54) is 5.56 Å². The molecule has 2 rings (SSSR count). The molecule has 0 saturated heterocycles. The molecule has 1 aromatic rings. The van der Waals surface area contributed by atoms with E-state index in [1.54, 1.807) is 0 Å². The van der Waals surface area contributed by atoms with Gasteiger partial charge in [0.25, 0.3) is 0 Å². The highest BCUT2D eigenvalue weighted by molar-refractivity contribution is 5.74. The summed E-state index contributed by atoms with van der Waals surface area (Å²) in [6.07, 6.45) is 2.00. The van der Waals surface area contributed by atoms with Gasteiger partial charge in [-0.15, -0.1) is 0 Å². The molecule has 0 aliphatic heterocycles. The third-order valence-electron chi connectivity index (χ3n) is 4.17. The van der Waals surface area contributed by atoms with Crippen LogP contribution in [0.2, 0.25) is 0 Å². The Kier molecular flexibility index (Phi) is 5.80. The van der Waals surface area contributed by atoms with E-state index in [0.29, 0.717) is 6.54 Å². The van der Waals surface area contributed by atoms with Crippen LogP contribution in [-0.4, -0.2) is 48.8 Å². The summed E-state index contributed by atoms with van der Waals surface area (Å²) in [6.45, 7) is 4.36. The van der Waals surface area contributed by atoms with E-state index in [4.69, 9.17) is 0 Å². The number of amides is 2. The summed E-state index contributed by atoms with van der Waals surface area (Å²) in [5.41, 5.74) is 1.21. The Morgan fingerprint density at radius 1 is 1.36 bits per heavy atom. The second kappa shape index (κ2) is 7.61. The van der Waals surface area contributed by atoms with Crippen molar-refractivity contribution < 1.29 is 9.90 Å². The molecule has 0 radical (unpaired) electrons. The molecule has 22 heavy (non-hydrogen) atoms. The second-order valence-electron chi connectivity index (χ2n) is 6.57. The van der Waals surface area contributed by atoms with Crippen molar-refractivity contribution in [2.24, 2.45) is 5.41 Å². The molecular formula is C17H27N3O2. The summed E-state index contributed by atoms with van der Waals surface area (Å²) in [4.78, 5) is 14.1. The third kappa shape index (κ3) is 5.31. The Morgan fingerprint density at radius 3 is 2.64 bits per heavy atom. The molecule has 1 fully saturated rings. The third-order valence-corrected chi connectivity index (χ3v) is 4.17. The number of hydrogen-bond donors (Lipinski definition) is 3. The number of urea groups is 1. The van der Waals surface area contributed by atoms with Gasteiger partial charge in [0.15, 0.2) is 0 Å². The number of aliphatic hydroxyl groups is 1. The zero-order valence-corrected chi connectivity index (χ0v) is 13.5. The van der Waals surface area contributed by atoms with Crippen molar-refractivity contribution in [1.29, 1.82) is 0 Å². The first-order valence-corrected chi connectivity index (χ1v) is 7.91. The Labute approximate surface area is 132 Å². The molecule has 1 aliphatic rings. The van der Waals surface area contributed by atoms with Crippen LogP contribution in [0.15, 0.2) is 30.3 Å². The van der Waals surface area contributed by atoms with E-state index in [-0.39, 0.29) is 24.1 Å². The Morgan fingerprint density at radius 2 is 2.05 bits per heavy atom. The lowest BCUT2D eigenvalue weighted by Crippen LogP contribution is -2.46. The van der Waals surface area contributed by atoms with Gasteiger partial charge in [0, 0.05) is 31.1 Å². The fourth-order valence-corrected chi connectivity index (χ4v) is 2.58. The van der Waals surface area contributed by atoms with E-state index < -0.39 is 0 Å². The summed E-state index contributed by atoms with van der Waals surface area (Å²) in [5.74, 6) is 0. The summed E-state index contributed by atoms with van der Waals surface area (Å²) in [7, 11) is 2.05. The van der Waals surface area contributed by atoms with Gasteiger partial charge >= 0.3 is 6.03 Å². The summed E-state index contributed by atoms with van der Waals surface area (Å²) < 4.78 is 0. The van der Waals surface area contributed by atoms with Crippen molar-refractivity contribution in [2.75, 3.05) is 26.7 Å². The highest BCUT2D eigenvalue weighted by atomic mass is 16.3. The molecule has 1 atom stereocenters. The molecule has 1 aromatic carbocycles. The molecule has 1 unspecified atom stereocenters. The molecule has 0 heterocycles. The molecule has 122 valence electrons. The topological polar surface area (TPSA) is 64.6 Å². The molecule has 1 aliphatic carbocycles. The average Bonchev–Trinajstić information content (AvgIpc) is 3.26. The first-order chi connectivity index (χ1) is 10.5. The van der Waals surface area contributed by atoms with E-state index in [0.717, 1.165) is 25.9 Å². The Hall–Kier alpha value is -1.59. The highest BCUT2D eigenvalue weighted by Crippen LogP contribution is 2.44. The lowest BCUT2D eigenvalue weighted by molar-refractivity contribution is 0.200. The number of hydrogen-bond acceptors (Lipinski definition) is 3. The second-order valence-corrected chi connectivity index (χ2v) is 6.57. The maximum absolute atomic E-state index is 11.9. The van der Waals surface area contributed by atoms with Crippen molar-refractivity contribution in [2.45, 2.75) is 32.4 Å². The Bertz CT molecular complexity index is 474. The number of nitrogens with one attached hydrogen (secondary N) is 2. The molecule has 0 spiro atoms. The van der Waals surface area contributed by atoms with Crippen molar-refractivity contribution in [3.05, 3.63) is 35.9 Å². The standard InChI is InChI=1S/C17H27N3O2/c1-14(10-20(2)11-15-6-4-3-5-7-15)19-16(22)18-12-17(13-21)8-9-17/h3-7,14,21H,8-13H2,1-2H3,(H2,18,19,22). The number of nitrogens with zero attached hydrogens (tertiary/aromatic N) is 1. The smallest absolute Gasteiger partial charge is 0.315 e. The predicted molar refractivity (Wildman–Crippen MR) is 87.5 cm³/mol. The normalized spacial score (nSPS) is 17.1. The fourth-order valence-electron chi connectivity index (χ4n) is 2.58. The van der Waals surface area contributed by atoms with Crippen LogP contribution < -0.4 is 10.6 Å². The first-order valence-electron chi connectivity index (χ1n) is 7.91. The zero-order valence-electron chi connectivity index (χ0n) is 13.5. The molecular weight excluding hydrogens is 278 g/mol. The van der Waals surface area contributed by atoms with Crippen molar-refractivity contribution in [3.63, 3.8) is 0 Å². The maximum Gasteiger partial charge on any atom is 0.315 e. The van der Waals surface area contributed by atoms with Gasteiger partial charge in [-0.1, -0.05) is 30.3 Å². The largest absolute Gasteiger partial charge is 0.396 e. The highest BCUT2D eigenvalue weighted by Gasteiger charge is 2.42. The minimum absolute atomic E-state index is 0.0509.